The summed E-state index contributed by atoms with van der Waals surface area (Å²) in [7, 11) is -0.773. The molecule has 0 aliphatic rings. The molecule has 0 aliphatic carbocycles. The van der Waals surface area contributed by atoms with E-state index >= 15 is 0 Å². The third kappa shape index (κ3) is 7.16. The zero-order valence-electron chi connectivity index (χ0n) is 8.62. The predicted octanol–water partition coefficient (Wildman–Crippen LogP) is 0.899. The maximum Gasteiger partial charge on any atom is 0.0581 e. The van der Waals surface area contributed by atoms with Crippen LogP contribution in [0.4, 0.5) is 0 Å². The second-order valence-electron chi connectivity index (χ2n) is 3.09. The summed E-state index contributed by atoms with van der Waals surface area (Å²) in [4.78, 5) is 0. The molecule has 13 heavy (non-hydrogen) atoms. The Morgan fingerprint density at radius 3 is 2.69 bits per heavy atom. The minimum absolute atomic E-state index is 0.204. The summed E-state index contributed by atoms with van der Waals surface area (Å²) >= 11 is 0. The predicted molar refractivity (Wildman–Crippen MR) is 57.3 cm³/mol. The van der Waals surface area contributed by atoms with Crippen molar-refractivity contribution in [2.45, 2.75) is 31.9 Å². The largest absolute Gasteiger partial charge is 0.381 e. The van der Waals surface area contributed by atoms with Gasteiger partial charge in [-0.05, 0) is 19.4 Å². The van der Waals surface area contributed by atoms with E-state index in [1.54, 1.807) is 0 Å². The van der Waals surface area contributed by atoms with Crippen LogP contribution in [-0.2, 0) is 15.5 Å². The van der Waals surface area contributed by atoms with E-state index in [2.05, 4.69) is 6.92 Å². The molecule has 0 heterocycles. The summed E-state index contributed by atoms with van der Waals surface area (Å²) in [6.07, 6.45) is 1.85. The third-order valence-electron chi connectivity index (χ3n) is 1.80. The van der Waals surface area contributed by atoms with Crippen molar-refractivity contribution in [3.63, 3.8) is 0 Å². The second kappa shape index (κ2) is 8.66. The lowest BCUT2D eigenvalue weighted by Crippen LogP contribution is -2.20. The fourth-order valence-corrected chi connectivity index (χ4v) is 2.04. The molecule has 0 saturated carbocycles. The SMILES string of the molecule is CCCOCCS(=O)C(C)CCN. The Morgan fingerprint density at radius 2 is 2.15 bits per heavy atom. The molecule has 0 aliphatic heterocycles. The highest BCUT2D eigenvalue weighted by Crippen LogP contribution is 2.00. The standard InChI is InChI=1S/C9H21NO2S/c1-3-6-12-7-8-13(11)9(2)4-5-10/h9H,3-8,10H2,1-2H3. The Bertz CT molecular complexity index is 142. The lowest BCUT2D eigenvalue weighted by molar-refractivity contribution is 0.150. The highest BCUT2D eigenvalue weighted by Gasteiger charge is 2.09. The van der Waals surface area contributed by atoms with Crippen molar-refractivity contribution in [1.29, 1.82) is 0 Å². The lowest BCUT2D eigenvalue weighted by Gasteiger charge is -2.09. The van der Waals surface area contributed by atoms with Gasteiger partial charge >= 0.3 is 0 Å². The zero-order chi connectivity index (χ0) is 10.1. The quantitative estimate of drug-likeness (QED) is 0.602. The van der Waals surface area contributed by atoms with Gasteiger partial charge in [-0.3, -0.25) is 4.21 Å². The molecule has 4 heteroatoms. The van der Waals surface area contributed by atoms with E-state index < -0.39 is 10.8 Å². The summed E-state index contributed by atoms with van der Waals surface area (Å²) in [6, 6.07) is 0. The minimum Gasteiger partial charge on any atom is -0.381 e. The van der Waals surface area contributed by atoms with Crippen molar-refractivity contribution in [3.8, 4) is 0 Å². The molecule has 0 aromatic heterocycles. The van der Waals surface area contributed by atoms with Gasteiger partial charge in [-0.1, -0.05) is 13.8 Å². The highest BCUT2D eigenvalue weighted by atomic mass is 32.2. The lowest BCUT2D eigenvalue weighted by atomic mass is 10.3. The van der Waals surface area contributed by atoms with Crippen molar-refractivity contribution in [1.82, 2.24) is 0 Å². The molecule has 0 aromatic rings. The second-order valence-corrected chi connectivity index (χ2v) is 5.06. The van der Waals surface area contributed by atoms with Crippen LogP contribution in [0.25, 0.3) is 0 Å². The van der Waals surface area contributed by atoms with Crippen LogP contribution < -0.4 is 5.73 Å². The Kier molecular flexibility index (Phi) is 8.71. The summed E-state index contributed by atoms with van der Waals surface area (Å²) in [5, 5.41) is 0.204. The smallest absolute Gasteiger partial charge is 0.0581 e. The number of nitrogens with two attached hydrogens (primary N) is 1. The molecule has 2 atom stereocenters. The average Bonchev–Trinajstić information content (AvgIpc) is 2.12. The number of hydrogen-bond donors (Lipinski definition) is 1. The van der Waals surface area contributed by atoms with Crippen molar-refractivity contribution in [2.75, 3.05) is 25.5 Å². The molecule has 0 amide bonds. The van der Waals surface area contributed by atoms with E-state index in [1.165, 1.54) is 0 Å². The van der Waals surface area contributed by atoms with Gasteiger partial charge in [0.1, 0.15) is 0 Å². The first-order valence-electron chi connectivity index (χ1n) is 4.87. The summed E-state index contributed by atoms with van der Waals surface area (Å²) in [5.74, 6) is 0.640. The summed E-state index contributed by atoms with van der Waals surface area (Å²) in [5.41, 5.74) is 5.38. The number of rotatable bonds is 8. The summed E-state index contributed by atoms with van der Waals surface area (Å²) in [6.45, 7) is 6.03. The fourth-order valence-electron chi connectivity index (χ4n) is 0.955. The van der Waals surface area contributed by atoms with Crippen LogP contribution >= 0.6 is 0 Å². The maximum absolute atomic E-state index is 11.5. The number of hydrogen-bond acceptors (Lipinski definition) is 3. The van der Waals surface area contributed by atoms with E-state index in [0.29, 0.717) is 18.9 Å². The van der Waals surface area contributed by atoms with E-state index in [1.807, 2.05) is 6.92 Å². The maximum atomic E-state index is 11.5. The van der Waals surface area contributed by atoms with Crippen molar-refractivity contribution >= 4 is 10.8 Å². The third-order valence-corrected chi connectivity index (χ3v) is 3.50. The van der Waals surface area contributed by atoms with E-state index in [0.717, 1.165) is 19.4 Å². The van der Waals surface area contributed by atoms with Gasteiger partial charge in [-0.25, -0.2) is 0 Å². The first-order chi connectivity index (χ1) is 6.22. The molecule has 0 aromatic carbocycles. The number of ether oxygens (including phenoxy) is 1. The van der Waals surface area contributed by atoms with Gasteiger partial charge in [0.2, 0.25) is 0 Å². The van der Waals surface area contributed by atoms with Gasteiger partial charge in [-0.2, -0.15) is 0 Å². The van der Waals surface area contributed by atoms with Crippen LogP contribution in [0, 0.1) is 0 Å². The van der Waals surface area contributed by atoms with Gasteiger partial charge in [-0.15, -0.1) is 0 Å². The van der Waals surface area contributed by atoms with Crippen LogP contribution in [0.15, 0.2) is 0 Å². The monoisotopic (exact) mass is 207 g/mol. The topological polar surface area (TPSA) is 52.3 Å². The Morgan fingerprint density at radius 1 is 1.46 bits per heavy atom. The molecule has 0 spiro atoms. The molecule has 2 N–H and O–H groups in total. The Labute approximate surface area is 83.5 Å². The first kappa shape index (κ1) is 13.1. The average molecular weight is 207 g/mol. The molecule has 0 saturated heterocycles. The van der Waals surface area contributed by atoms with E-state index in [-0.39, 0.29) is 5.25 Å². The van der Waals surface area contributed by atoms with Crippen LogP contribution in [0.3, 0.4) is 0 Å². The van der Waals surface area contributed by atoms with Crippen molar-refractivity contribution < 1.29 is 8.95 Å². The Hall–Kier alpha value is 0.0700. The van der Waals surface area contributed by atoms with Crippen LogP contribution in [0.2, 0.25) is 0 Å². The van der Waals surface area contributed by atoms with Gasteiger partial charge in [0.15, 0.2) is 0 Å². The van der Waals surface area contributed by atoms with E-state index in [9.17, 15) is 4.21 Å². The fraction of sp³-hybridized carbons (Fsp3) is 1.00. The molecule has 80 valence electrons. The first-order valence-corrected chi connectivity index (χ1v) is 6.25. The van der Waals surface area contributed by atoms with Crippen LogP contribution in [0.5, 0.6) is 0 Å². The van der Waals surface area contributed by atoms with Crippen LogP contribution in [-0.4, -0.2) is 35.0 Å². The molecule has 0 rings (SSSR count). The van der Waals surface area contributed by atoms with E-state index in [4.69, 9.17) is 10.5 Å². The molecular weight excluding hydrogens is 186 g/mol. The summed E-state index contributed by atoms with van der Waals surface area (Å²) < 4.78 is 16.7. The molecule has 0 radical (unpaired) electrons. The van der Waals surface area contributed by atoms with Crippen molar-refractivity contribution in [2.24, 2.45) is 5.73 Å². The zero-order valence-corrected chi connectivity index (χ0v) is 9.44. The molecule has 0 bridgehead atoms. The van der Waals surface area contributed by atoms with Gasteiger partial charge in [0.25, 0.3) is 0 Å². The van der Waals surface area contributed by atoms with Gasteiger partial charge in [0, 0.05) is 28.4 Å². The normalized spacial score (nSPS) is 15.6. The molecule has 2 unspecified atom stereocenters. The molecular formula is C9H21NO2S. The van der Waals surface area contributed by atoms with Crippen molar-refractivity contribution in [3.05, 3.63) is 0 Å². The van der Waals surface area contributed by atoms with Gasteiger partial charge < -0.3 is 10.5 Å². The van der Waals surface area contributed by atoms with Gasteiger partial charge in [0.05, 0.1) is 6.61 Å². The Balaban J connectivity index is 3.38. The van der Waals surface area contributed by atoms with Crippen LogP contribution in [0.1, 0.15) is 26.7 Å². The molecule has 0 fully saturated rings. The molecule has 3 nitrogen and oxygen atoms in total. The highest BCUT2D eigenvalue weighted by molar-refractivity contribution is 7.85. The minimum atomic E-state index is -0.773.